The number of pyridine rings is 1. The summed E-state index contributed by atoms with van der Waals surface area (Å²) in [7, 11) is 0. The van der Waals surface area contributed by atoms with Gasteiger partial charge in [-0.25, -0.2) is 24.3 Å². The van der Waals surface area contributed by atoms with Gasteiger partial charge in [-0.3, -0.25) is 10.1 Å². The van der Waals surface area contributed by atoms with Gasteiger partial charge in [0.2, 0.25) is 23.7 Å². The summed E-state index contributed by atoms with van der Waals surface area (Å²) in [5.41, 5.74) is 3.33. The van der Waals surface area contributed by atoms with Gasteiger partial charge in [0, 0.05) is 30.4 Å². The number of nitrogens with one attached hydrogen (secondary N) is 2. The maximum atomic E-state index is 13.1. The molecule has 2 N–H and O–H groups in total. The predicted molar refractivity (Wildman–Crippen MR) is 125 cm³/mol. The second kappa shape index (κ2) is 9.34. The average molecular weight is 459 g/mol. The zero-order valence-corrected chi connectivity index (χ0v) is 18.5. The van der Waals surface area contributed by atoms with Gasteiger partial charge in [0.15, 0.2) is 5.52 Å². The zero-order valence-electron chi connectivity index (χ0n) is 18.5. The fourth-order valence-corrected chi connectivity index (χ4v) is 3.33. The highest BCUT2D eigenvalue weighted by molar-refractivity contribution is 5.92. The van der Waals surface area contributed by atoms with Crippen molar-refractivity contribution in [2.45, 2.75) is 26.3 Å². The molecule has 1 saturated carbocycles. The largest absolute Gasteiger partial charge is 0.476 e. The molecule has 3 aromatic heterocycles. The summed E-state index contributed by atoms with van der Waals surface area (Å²) in [5, 5.41) is 5.87. The van der Waals surface area contributed by atoms with E-state index in [1.807, 2.05) is 19.1 Å². The second-order valence-electron chi connectivity index (χ2n) is 7.89. The Kier molecular flexibility index (Phi) is 5.94. The number of amides is 1. The zero-order chi connectivity index (χ0) is 23.5. The molecular formula is C24H22FN7O2. The van der Waals surface area contributed by atoms with E-state index in [-0.39, 0.29) is 23.6 Å². The van der Waals surface area contributed by atoms with E-state index in [0.717, 1.165) is 18.4 Å². The molecule has 34 heavy (non-hydrogen) atoms. The van der Waals surface area contributed by atoms with Crippen molar-refractivity contribution in [2.75, 3.05) is 17.2 Å². The maximum absolute atomic E-state index is 13.1. The molecule has 0 atom stereocenters. The number of rotatable bonds is 8. The molecule has 1 amide bonds. The normalized spacial score (nSPS) is 13.0. The summed E-state index contributed by atoms with van der Waals surface area (Å²) >= 11 is 0. The van der Waals surface area contributed by atoms with Crippen LogP contribution in [0.4, 0.5) is 16.3 Å². The number of hydrogen-bond acceptors (Lipinski definition) is 8. The number of benzene rings is 1. The van der Waals surface area contributed by atoms with Gasteiger partial charge >= 0.3 is 0 Å². The summed E-state index contributed by atoms with van der Waals surface area (Å²) in [4.78, 5) is 34.0. The molecule has 0 aliphatic heterocycles. The lowest BCUT2D eigenvalue weighted by Crippen LogP contribution is -2.15. The first-order chi connectivity index (χ1) is 16.6. The molecule has 4 aromatic rings. The smallest absolute Gasteiger partial charge is 0.245 e. The van der Waals surface area contributed by atoms with Crippen LogP contribution in [0, 0.1) is 11.7 Å². The average Bonchev–Trinajstić information content (AvgIpc) is 3.70. The Hall–Kier alpha value is -4.21. The van der Waals surface area contributed by atoms with Crippen molar-refractivity contribution in [2.24, 2.45) is 5.92 Å². The Labute approximate surface area is 194 Å². The summed E-state index contributed by atoms with van der Waals surface area (Å²) < 4.78 is 18.9. The van der Waals surface area contributed by atoms with Gasteiger partial charge in [-0.05, 0) is 49.6 Å². The highest BCUT2D eigenvalue weighted by Gasteiger charge is 2.30. The van der Waals surface area contributed by atoms with Crippen molar-refractivity contribution in [1.82, 2.24) is 24.9 Å². The van der Waals surface area contributed by atoms with Crippen molar-refractivity contribution < 1.29 is 13.9 Å². The van der Waals surface area contributed by atoms with E-state index in [0.29, 0.717) is 47.3 Å². The molecular weight excluding hydrogens is 437 g/mol. The van der Waals surface area contributed by atoms with Crippen LogP contribution in [0.15, 0.2) is 48.8 Å². The molecule has 1 aliphatic carbocycles. The van der Waals surface area contributed by atoms with Gasteiger partial charge in [-0.15, -0.1) is 0 Å². The molecule has 1 fully saturated rings. The van der Waals surface area contributed by atoms with Crippen LogP contribution in [0.25, 0.3) is 22.3 Å². The summed E-state index contributed by atoms with van der Waals surface area (Å²) in [6, 6.07) is 9.86. The number of halogens is 1. The third-order valence-corrected chi connectivity index (χ3v) is 5.29. The SMILES string of the molecule is CCOc1nc(NCc2ccc(F)cc2)nc2ccc(-c3cnc(NC(=O)C4CC4)nc3)nc12. The fourth-order valence-electron chi connectivity index (χ4n) is 3.33. The van der Waals surface area contributed by atoms with Crippen LogP contribution in [0.1, 0.15) is 25.3 Å². The molecule has 172 valence electrons. The number of fused-ring (bicyclic) bond motifs is 1. The predicted octanol–water partition coefficient (Wildman–Crippen LogP) is 3.98. The van der Waals surface area contributed by atoms with Crippen molar-refractivity contribution in [3.63, 3.8) is 0 Å². The summed E-state index contributed by atoms with van der Waals surface area (Å²) in [5.74, 6) is 0.765. The van der Waals surface area contributed by atoms with Crippen molar-refractivity contribution in [1.29, 1.82) is 0 Å². The number of anilines is 2. The Morgan fingerprint density at radius 2 is 1.79 bits per heavy atom. The van der Waals surface area contributed by atoms with Gasteiger partial charge in [0.05, 0.1) is 17.8 Å². The summed E-state index contributed by atoms with van der Waals surface area (Å²) in [6.07, 6.45) is 5.06. The van der Waals surface area contributed by atoms with Crippen LogP contribution in [-0.4, -0.2) is 37.4 Å². The maximum Gasteiger partial charge on any atom is 0.245 e. The number of nitrogens with zero attached hydrogens (tertiary/aromatic N) is 5. The van der Waals surface area contributed by atoms with Crippen LogP contribution in [0.3, 0.4) is 0 Å². The number of aromatic nitrogens is 5. The Morgan fingerprint density at radius 3 is 2.50 bits per heavy atom. The quantitative estimate of drug-likeness (QED) is 0.407. The fraction of sp³-hybridized carbons (Fsp3) is 0.250. The van der Waals surface area contributed by atoms with Gasteiger partial charge in [0.25, 0.3) is 0 Å². The Bertz CT molecular complexity index is 1330. The van der Waals surface area contributed by atoms with E-state index in [1.54, 1.807) is 24.5 Å². The van der Waals surface area contributed by atoms with Crippen LogP contribution in [0.5, 0.6) is 5.88 Å². The number of hydrogen-bond donors (Lipinski definition) is 2. The lowest BCUT2D eigenvalue weighted by molar-refractivity contribution is -0.117. The van der Waals surface area contributed by atoms with Crippen molar-refractivity contribution in [3.05, 3.63) is 60.2 Å². The van der Waals surface area contributed by atoms with E-state index in [9.17, 15) is 9.18 Å². The highest BCUT2D eigenvalue weighted by Crippen LogP contribution is 2.30. The molecule has 0 unspecified atom stereocenters. The lowest BCUT2D eigenvalue weighted by atomic mass is 10.2. The van der Waals surface area contributed by atoms with Crippen LogP contribution in [0.2, 0.25) is 0 Å². The minimum atomic E-state index is -0.283. The van der Waals surface area contributed by atoms with Gasteiger partial charge in [0.1, 0.15) is 5.82 Å². The van der Waals surface area contributed by atoms with Crippen LogP contribution >= 0.6 is 0 Å². The molecule has 0 bridgehead atoms. The molecule has 3 heterocycles. The lowest BCUT2D eigenvalue weighted by Gasteiger charge is -2.11. The first kappa shape index (κ1) is 21.6. The summed E-state index contributed by atoms with van der Waals surface area (Å²) in [6.45, 7) is 2.71. The Morgan fingerprint density at radius 1 is 1.03 bits per heavy atom. The van der Waals surface area contributed by atoms with Crippen molar-refractivity contribution in [3.8, 4) is 17.1 Å². The second-order valence-corrected chi connectivity index (χ2v) is 7.89. The monoisotopic (exact) mass is 459 g/mol. The van der Waals surface area contributed by atoms with Gasteiger partial charge in [-0.2, -0.15) is 4.98 Å². The first-order valence-electron chi connectivity index (χ1n) is 11.0. The van der Waals surface area contributed by atoms with E-state index < -0.39 is 0 Å². The third-order valence-electron chi connectivity index (χ3n) is 5.29. The molecule has 0 spiro atoms. The minimum Gasteiger partial charge on any atom is -0.476 e. The standard InChI is InChI=1S/C24H22FN7O2/c1-2-34-22-20-19(30-24(32-22)26-11-14-3-7-17(25)8-4-14)10-9-18(29-20)16-12-27-23(28-13-16)31-21(33)15-5-6-15/h3-4,7-10,12-13,15H,2,5-6,11H2,1H3,(H,26,30,32)(H,27,28,31,33). The number of ether oxygens (including phenoxy) is 1. The van der Waals surface area contributed by atoms with E-state index in [2.05, 4.69) is 35.6 Å². The number of carbonyl (C=O) groups excluding carboxylic acids is 1. The van der Waals surface area contributed by atoms with Crippen LogP contribution < -0.4 is 15.4 Å². The van der Waals surface area contributed by atoms with Crippen molar-refractivity contribution >= 4 is 28.8 Å². The molecule has 5 rings (SSSR count). The van der Waals surface area contributed by atoms with Gasteiger partial charge in [-0.1, -0.05) is 12.1 Å². The molecule has 10 heteroatoms. The highest BCUT2D eigenvalue weighted by atomic mass is 19.1. The molecule has 1 aromatic carbocycles. The third kappa shape index (κ3) is 4.90. The molecule has 9 nitrogen and oxygen atoms in total. The molecule has 0 saturated heterocycles. The van der Waals surface area contributed by atoms with E-state index in [1.165, 1.54) is 12.1 Å². The minimum absolute atomic E-state index is 0.0427. The topological polar surface area (TPSA) is 115 Å². The Balaban J connectivity index is 1.38. The van der Waals surface area contributed by atoms with Gasteiger partial charge < -0.3 is 10.1 Å². The first-order valence-corrected chi connectivity index (χ1v) is 11.0. The molecule has 1 aliphatic rings. The van der Waals surface area contributed by atoms with E-state index >= 15 is 0 Å². The number of carbonyl (C=O) groups is 1. The molecule has 0 radical (unpaired) electrons. The van der Waals surface area contributed by atoms with Crippen LogP contribution in [-0.2, 0) is 11.3 Å². The van der Waals surface area contributed by atoms with E-state index in [4.69, 9.17) is 4.74 Å².